The van der Waals surface area contributed by atoms with Gasteiger partial charge in [0.1, 0.15) is 23.0 Å². The van der Waals surface area contributed by atoms with Crippen LogP contribution in [0, 0.1) is 0 Å². The average Bonchev–Trinajstić information content (AvgIpc) is 3.46. The molecule has 0 spiro atoms. The van der Waals surface area contributed by atoms with E-state index in [4.69, 9.17) is 14.4 Å². The number of pyridine rings is 2. The highest BCUT2D eigenvalue weighted by molar-refractivity contribution is 5.93. The number of nitrogens with zero attached hydrogens (tertiary/aromatic N) is 3. The Hall–Kier alpha value is -4.38. The van der Waals surface area contributed by atoms with Crippen molar-refractivity contribution in [2.24, 2.45) is 0 Å². The minimum Gasteiger partial charge on any atom is -0.464 e. The fourth-order valence-electron chi connectivity index (χ4n) is 3.91. The first-order chi connectivity index (χ1) is 15.3. The molecule has 0 atom stereocenters. The number of benzene rings is 2. The van der Waals surface area contributed by atoms with Gasteiger partial charge >= 0.3 is 0 Å². The van der Waals surface area contributed by atoms with Gasteiger partial charge in [0, 0.05) is 17.1 Å². The van der Waals surface area contributed by atoms with Gasteiger partial charge in [0.15, 0.2) is 0 Å². The number of para-hydroxylation sites is 1. The molecule has 6 aromatic rings. The third-order valence-corrected chi connectivity index (χ3v) is 5.36. The monoisotopic (exact) mass is 402 g/mol. The van der Waals surface area contributed by atoms with Crippen LogP contribution in [0.2, 0.25) is 0 Å². The third kappa shape index (κ3) is 3.13. The quantitative estimate of drug-likeness (QED) is 0.362. The van der Waals surface area contributed by atoms with Crippen LogP contribution in [0.25, 0.3) is 38.9 Å². The molecule has 1 N–H and O–H groups in total. The van der Waals surface area contributed by atoms with Gasteiger partial charge in [0.25, 0.3) is 0 Å². The first kappa shape index (κ1) is 17.5. The lowest BCUT2D eigenvalue weighted by molar-refractivity contribution is 0.616. The van der Waals surface area contributed by atoms with Crippen molar-refractivity contribution in [2.75, 3.05) is 5.32 Å². The van der Waals surface area contributed by atoms with Crippen LogP contribution in [0.15, 0.2) is 108 Å². The summed E-state index contributed by atoms with van der Waals surface area (Å²) in [5, 5.41) is 5.58. The largest absolute Gasteiger partial charge is 0.464 e. The van der Waals surface area contributed by atoms with E-state index in [1.54, 1.807) is 6.26 Å². The molecule has 4 heterocycles. The molecule has 4 aromatic heterocycles. The summed E-state index contributed by atoms with van der Waals surface area (Å²) in [6.45, 7) is 0. The summed E-state index contributed by atoms with van der Waals surface area (Å²) in [4.78, 5) is 9.61. The van der Waals surface area contributed by atoms with E-state index in [9.17, 15) is 0 Å². The van der Waals surface area contributed by atoms with Crippen LogP contribution in [0.3, 0.4) is 0 Å². The van der Waals surface area contributed by atoms with Gasteiger partial charge in [-0.3, -0.25) is 0 Å². The summed E-state index contributed by atoms with van der Waals surface area (Å²) in [5.74, 6) is 2.33. The smallest absolute Gasteiger partial charge is 0.139 e. The minimum absolute atomic E-state index is 0.736. The van der Waals surface area contributed by atoms with Gasteiger partial charge in [-0.15, -0.1) is 0 Å². The molecule has 0 amide bonds. The van der Waals surface area contributed by atoms with Crippen molar-refractivity contribution in [3.8, 4) is 17.1 Å². The standard InChI is InChI=1S/C26H18N4O/c1-2-9-22-18(6-1)14-16-30(22)26-13-5-12-25(29-26)28-24-11-4-8-21(27-24)19-7-3-10-23-20(19)15-17-31-23/h1-17H,(H,27,28,29). The van der Waals surface area contributed by atoms with E-state index in [2.05, 4.69) is 34.1 Å². The minimum atomic E-state index is 0.736. The number of furan rings is 1. The predicted molar refractivity (Wildman–Crippen MR) is 124 cm³/mol. The molecule has 0 aliphatic carbocycles. The summed E-state index contributed by atoms with van der Waals surface area (Å²) in [7, 11) is 0. The van der Waals surface area contributed by atoms with Gasteiger partial charge in [-0.05, 0) is 53.9 Å². The molecule has 0 saturated carbocycles. The number of rotatable bonds is 4. The number of aromatic nitrogens is 3. The molecule has 0 saturated heterocycles. The molecule has 0 aliphatic rings. The average molecular weight is 402 g/mol. The number of anilines is 2. The van der Waals surface area contributed by atoms with E-state index >= 15 is 0 Å². The van der Waals surface area contributed by atoms with Crippen LogP contribution in [0.1, 0.15) is 0 Å². The number of nitrogens with one attached hydrogen (secondary N) is 1. The van der Waals surface area contributed by atoms with Crippen LogP contribution in [0.5, 0.6) is 0 Å². The first-order valence-corrected chi connectivity index (χ1v) is 10.1. The third-order valence-electron chi connectivity index (χ3n) is 5.36. The van der Waals surface area contributed by atoms with E-state index in [1.165, 1.54) is 5.39 Å². The fourth-order valence-corrected chi connectivity index (χ4v) is 3.91. The van der Waals surface area contributed by atoms with Crippen molar-refractivity contribution in [3.05, 3.63) is 103 Å². The molecule has 2 aromatic carbocycles. The van der Waals surface area contributed by atoms with Gasteiger partial charge in [-0.25, -0.2) is 9.97 Å². The molecule has 0 bridgehead atoms. The highest BCUT2D eigenvalue weighted by Crippen LogP contribution is 2.29. The molecule has 6 rings (SSSR count). The SMILES string of the molecule is c1cc(Nc2cccc(-n3ccc4ccccc43)n2)nc(-c2cccc3occc23)c1. The highest BCUT2D eigenvalue weighted by atomic mass is 16.3. The van der Waals surface area contributed by atoms with E-state index in [0.29, 0.717) is 0 Å². The molecule has 0 radical (unpaired) electrons. The van der Waals surface area contributed by atoms with Gasteiger partial charge < -0.3 is 14.3 Å². The van der Waals surface area contributed by atoms with E-state index in [1.807, 2.05) is 72.9 Å². The molecular formula is C26H18N4O. The van der Waals surface area contributed by atoms with Crippen molar-refractivity contribution in [1.29, 1.82) is 0 Å². The molecule has 0 aliphatic heterocycles. The van der Waals surface area contributed by atoms with Crippen molar-refractivity contribution < 1.29 is 4.42 Å². The second-order valence-corrected chi connectivity index (χ2v) is 7.30. The summed E-state index contributed by atoms with van der Waals surface area (Å²) in [5.41, 5.74) is 3.89. The Balaban J connectivity index is 1.34. The molecule has 31 heavy (non-hydrogen) atoms. The molecule has 5 heteroatoms. The molecule has 0 fully saturated rings. The van der Waals surface area contributed by atoms with Crippen LogP contribution in [-0.4, -0.2) is 14.5 Å². The summed E-state index contributed by atoms with van der Waals surface area (Å²) < 4.78 is 7.62. The number of hydrogen-bond acceptors (Lipinski definition) is 4. The van der Waals surface area contributed by atoms with Crippen LogP contribution < -0.4 is 5.32 Å². The van der Waals surface area contributed by atoms with Crippen molar-refractivity contribution in [2.45, 2.75) is 0 Å². The topological polar surface area (TPSA) is 55.9 Å². The lowest BCUT2D eigenvalue weighted by atomic mass is 10.1. The number of fused-ring (bicyclic) bond motifs is 2. The second kappa shape index (κ2) is 7.15. The Morgan fingerprint density at radius 1 is 0.710 bits per heavy atom. The lowest BCUT2D eigenvalue weighted by Gasteiger charge is -2.10. The summed E-state index contributed by atoms with van der Waals surface area (Å²) in [6, 6.07) is 30.2. The van der Waals surface area contributed by atoms with Crippen molar-refractivity contribution >= 4 is 33.5 Å². The lowest BCUT2D eigenvalue weighted by Crippen LogP contribution is -2.01. The van der Waals surface area contributed by atoms with Crippen molar-refractivity contribution in [1.82, 2.24) is 14.5 Å². The fraction of sp³-hybridized carbons (Fsp3) is 0. The summed E-state index contributed by atoms with van der Waals surface area (Å²) >= 11 is 0. The molecule has 148 valence electrons. The maximum absolute atomic E-state index is 5.53. The first-order valence-electron chi connectivity index (χ1n) is 10.1. The normalized spacial score (nSPS) is 11.2. The van der Waals surface area contributed by atoms with E-state index in [0.717, 1.165) is 45.2 Å². The van der Waals surface area contributed by atoms with E-state index < -0.39 is 0 Å². The molecular weight excluding hydrogens is 384 g/mol. The zero-order valence-corrected chi connectivity index (χ0v) is 16.6. The van der Waals surface area contributed by atoms with Gasteiger partial charge in [-0.2, -0.15) is 0 Å². The zero-order chi connectivity index (χ0) is 20.6. The highest BCUT2D eigenvalue weighted by Gasteiger charge is 2.09. The van der Waals surface area contributed by atoms with Gasteiger partial charge in [0.05, 0.1) is 17.5 Å². The van der Waals surface area contributed by atoms with Crippen LogP contribution in [-0.2, 0) is 0 Å². The zero-order valence-electron chi connectivity index (χ0n) is 16.6. The second-order valence-electron chi connectivity index (χ2n) is 7.30. The van der Waals surface area contributed by atoms with Crippen molar-refractivity contribution in [3.63, 3.8) is 0 Å². The Morgan fingerprint density at radius 2 is 1.55 bits per heavy atom. The molecule has 5 nitrogen and oxygen atoms in total. The van der Waals surface area contributed by atoms with Gasteiger partial charge in [0.2, 0.25) is 0 Å². The Morgan fingerprint density at radius 3 is 2.52 bits per heavy atom. The Bertz CT molecular complexity index is 1530. The Kier molecular flexibility index (Phi) is 4.03. The van der Waals surface area contributed by atoms with Crippen LogP contribution in [0.4, 0.5) is 11.6 Å². The van der Waals surface area contributed by atoms with E-state index in [-0.39, 0.29) is 0 Å². The maximum Gasteiger partial charge on any atom is 0.139 e. The van der Waals surface area contributed by atoms with Crippen LogP contribution >= 0.6 is 0 Å². The predicted octanol–water partition coefficient (Wildman–Crippen LogP) is 6.58. The number of hydrogen-bond donors (Lipinski definition) is 1. The molecule has 0 unspecified atom stereocenters. The summed E-state index contributed by atoms with van der Waals surface area (Å²) in [6.07, 6.45) is 3.75. The van der Waals surface area contributed by atoms with Gasteiger partial charge in [-0.1, -0.05) is 42.5 Å². The maximum atomic E-state index is 5.53. The Labute approximate surface area is 178 Å².